The van der Waals surface area contributed by atoms with E-state index in [1.54, 1.807) is 19.1 Å². The van der Waals surface area contributed by atoms with Gasteiger partial charge in [0.2, 0.25) is 11.8 Å². The lowest BCUT2D eigenvalue weighted by Gasteiger charge is -2.30. The molecular formula is C26H33BrN2O4. The number of carbonyl (C=O) groups excluding carboxylic acids is 2. The number of hydrogen-bond donors (Lipinski definition) is 1. The van der Waals surface area contributed by atoms with Gasteiger partial charge in [-0.25, -0.2) is 0 Å². The minimum Gasteiger partial charge on any atom is -0.493 e. The normalized spacial score (nSPS) is 14.5. The summed E-state index contributed by atoms with van der Waals surface area (Å²) in [6.45, 7) is 2.19. The molecule has 7 heteroatoms. The van der Waals surface area contributed by atoms with Crippen molar-refractivity contribution in [1.29, 1.82) is 0 Å². The van der Waals surface area contributed by atoms with Gasteiger partial charge in [0.15, 0.2) is 11.5 Å². The molecule has 0 spiro atoms. The van der Waals surface area contributed by atoms with Gasteiger partial charge < -0.3 is 19.7 Å². The number of carbonyl (C=O) groups is 2. The second-order valence-corrected chi connectivity index (χ2v) is 9.42. The number of benzene rings is 2. The van der Waals surface area contributed by atoms with Crippen molar-refractivity contribution in [2.45, 2.75) is 64.1 Å². The topological polar surface area (TPSA) is 67.9 Å². The van der Waals surface area contributed by atoms with Gasteiger partial charge in [0.1, 0.15) is 6.04 Å². The van der Waals surface area contributed by atoms with E-state index >= 15 is 0 Å². The van der Waals surface area contributed by atoms with Gasteiger partial charge in [0.05, 0.1) is 14.2 Å². The lowest BCUT2D eigenvalue weighted by molar-refractivity contribution is -0.140. The highest BCUT2D eigenvalue weighted by Gasteiger charge is 2.28. The van der Waals surface area contributed by atoms with Gasteiger partial charge in [0, 0.05) is 23.5 Å². The third-order valence-electron chi connectivity index (χ3n) is 6.19. The van der Waals surface area contributed by atoms with E-state index in [2.05, 4.69) is 21.2 Å². The van der Waals surface area contributed by atoms with Crippen LogP contribution in [-0.2, 0) is 22.6 Å². The van der Waals surface area contributed by atoms with Crippen LogP contribution in [0.5, 0.6) is 11.5 Å². The summed E-state index contributed by atoms with van der Waals surface area (Å²) in [5.74, 6) is 1.15. The van der Waals surface area contributed by atoms with E-state index in [0.29, 0.717) is 30.9 Å². The molecule has 0 heterocycles. The number of halogens is 1. The minimum absolute atomic E-state index is 0.0566. The molecule has 1 aliphatic carbocycles. The Morgan fingerprint density at radius 2 is 1.79 bits per heavy atom. The van der Waals surface area contributed by atoms with Crippen LogP contribution in [0.3, 0.4) is 0 Å². The highest BCUT2D eigenvalue weighted by Crippen LogP contribution is 2.28. The molecular weight excluding hydrogens is 484 g/mol. The Hall–Kier alpha value is -2.54. The second kappa shape index (κ2) is 12.1. The number of methoxy groups -OCH3 is 2. The maximum atomic E-state index is 13.3. The van der Waals surface area contributed by atoms with E-state index in [1.165, 1.54) is 0 Å². The fourth-order valence-electron chi connectivity index (χ4n) is 4.24. The van der Waals surface area contributed by atoms with Gasteiger partial charge in [-0.05, 0) is 61.6 Å². The second-order valence-electron chi connectivity index (χ2n) is 8.51. The zero-order valence-corrected chi connectivity index (χ0v) is 21.2. The third-order valence-corrected chi connectivity index (χ3v) is 6.68. The van der Waals surface area contributed by atoms with Gasteiger partial charge in [-0.15, -0.1) is 0 Å². The summed E-state index contributed by atoms with van der Waals surface area (Å²) in [5, 5.41) is 3.14. The number of rotatable bonds is 10. The average molecular weight is 517 g/mol. The van der Waals surface area contributed by atoms with Crippen molar-refractivity contribution in [3.63, 3.8) is 0 Å². The van der Waals surface area contributed by atoms with Gasteiger partial charge >= 0.3 is 0 Å². The lowest BCUT2D eigenvalue weighted by atomic mass is 10.1. The first-order valence-corrected chi connectivity index (χ1v) is 12.3. The van der Waals surface area contributed by atoms with E-state index in [1.807, 2.05) is 49.4 Å². The van der Waals surface area contributed by atoms with E-state index in [4.69, 9.17) is 9.47 Å². The van der Waals surface area contributed by atoms with Crippen molar-refractivity contribution < 1.29 is 19.1 Å². The molecule has 0 aromatic heterocycles. The van der Waals surface area contributed by atoms with E-state index < -0.39 is 6.04 Å². The Labute approximate surface area is 204 Å². The molecule has 0 bridgehead atoms. The summed E-state index contributed by atoms with van der Waals surface area (Å²) < 4.78 is 11.6. The first kappa shape index (κ1) is 25.1. The number of nitrogens with one attached hydrogen (secondary N) is 1. The SMILES string of the molecule is COc1ccc(CCC(=O)N(Cc2cccc(Br)c2)C(C)C(=O)NC2CCCC2)cc1OC. The summed E-state index contributed by atoms with van der Waals surface area (Å²) >= 11 is 3.50. The fourth-order valence-corrected chi connectivity index (χ4v) is 4.68. The molecule has 2 amide bonds. The molecule has 0 radical (unpaired) electrons. The number of nitrogens with zero attached hydrogens (tertiary/aromatic N) is 1. The van der Waals surface area contributed by atoms with Crippen molar-refractivity contribution >= 4 is 27.7 Å². The van der Waals surface area contributed by atoms with Gasteiger partial charge in [0.25, 0.3) is 0 Å². The van der Waals surface area contributed by atoms with E-state index in [9.17, 15) is 9.59 Å². The Balaban J connectivity index is 1.72. The predicted octanol–water partition coefficient (Wildman–Crippen LogP) is 4.88. The molecule has 6 nitrogen and oxygen atoms in total. The molecule has 178 valence electrons. The van der Waals surface area contributed by atoms with Crippen LogP contribution in [0.15, 0.2) is 46.9 Å². The van der Waals surface area contributed by atoms with Gasteiger partial charge in [-0.1, -0.05) is 47.0 Å². The Bertz CT molecular complexity index is 959. The molecule has 0 aliphatic heterocycles. The maximum absolute atomic E-state index is 13.3. The quantitative estimate of drug-likeness (QED) is 0.488. The largest absolute Gasteiger partial charge is 0.493 e. The molecule has 3 rings (SSSR count). The first-order chi connectivity index (χ1) is 15.9. The van der Waals surface area contributed by atoms with Crippen LogP contribution in [0.1, 0.15) is 50.2 Å². The van der Waals surface area contributed by atoms with Crippen molar-refractivity contribution in [1.82, 2.24) is 10.2 Å². The van der Waals surface area contributed by atoms with Crippen LogP contribution in [0.2, 0.25) is 0 Å². The molecule has 1 unspecified atom stereocenters. The van der Waals surface area contributed by atoms with Crippen molar-refractivity contribution in [2.75, 3.05) is 14.2 Å². The Morgan fingerprint density at radius 3 is 2.45 bits per heavy atom. The monoisotopic (exact) mass is 516 g/mol. The van der Waals surface area contributed by atoms with Crippen LogP contribution in [0.4, 0.5) is 0 Å². The fraction of sp³-hybridized carbons (Fsp3) is 0.462. The zero-order valence-electron chi connectivity index (χ0n) is 19.6. The number of ether oxygens (including phenoxy) is 2. The van der Waals surface area contributed by atoms with Gasteiger partial charge in [-0.3, -0.25) is 9.59 Å². The molecule has 1 fully saturated rings. The van der Waals surface area contributed by atoms with Crippen LogP contribution >= 0.6 is 15.9 Å². The van der Waals surface area contributed by atoms with Crippen molar-refractivity contribution in [2.24, 2.45) is 0 Å². The molecule has 1 saturated carbocycles. The molecule has 1 N–H and O–H groups in total. The third kappa shape index (κ3) is 6.97. The standard InChI is InChI=1S/C26H33BrN2O4/c1-18(26(31)28-22-9-4-5-10-22)29(17-20-7-6-8-21(27)15-20)25(30)14-12-19-11-13-23(32-2)24(16-19)33-3/h6-8,11,13,15-16,18,22H,4-5,9-10,12,14,17H2,1-3H3,(H,28,31). The lowest BCUT2D eigenvalue weighted by Crippen LogP contribution is -2.49. The highest BCUT2D eigenvalue weighted by molar-refractivity contribution is 9.10. The Morgan fingerprint density at radius 1 is 1.06 bits per heavy atom. The smallest absolute Gasteiger partial charge is 0.242 e. The molecule has 1 atom stereocenters. The Kier molecular flexibility index (Phi) is 9.18. The van der Waals surface area contributed by atoms with Crippen molar-refractivity contribution in [3.05, 3.63) is 58.1 Å². The molecule has 33 heavy (non-hydrogen) atoms. The minimum atomic E-state index is -0.553. The molecule has 2 aromatic carbocycles. The number of aryl methyl sites for hydroxylation is 1. The summed E-state index contributed by atoms with van der Waals surface area (Å²) in [6.07, 6.45) is 5.15. The van der Waals surface area contributed by atoms with Crippen LogP contribution in [0.25, 0.3) is 0 Å². The maximum Gasteiger partial charge on any atom is 0.242 e. The van der Waals surface area contributed by atoms with Crippen LogP contribution in [-0.4, -0.2) is 43.0 Å². The van der Waals surface area contributed by atoms with Gasteiger partial charge in [-0.2, -0.15) is 0 Å². The highest BCUT2D eigenvalue weighted by atomic mass is 79.9. The summed E-state index contributed by atoms with van der Waals surface area (Å²) in [4.78, 5) is 28.0. The summed E-state index contributed by atoms with van der Waals surface area (Å²) in [5.41, 5.74) is 1.95. The number of amides is 2. The first-order valence-electron chi connectivity index (χ1n) is 11.5. The summed E-state index contributed by atoms with van der Waals surface area (Å²) in [7, 11) is 3.19. The molecule has 2 aromatic rings. The van der Waals surface area contributed by atoms with E-state index in [0.717, 1.165) is 41.3 Å². The summed E-state index contributed by atoms with van der Waals surface area (Å²) in [6, 6.07) is 13.2. The van der Waals surface area contributed by atoms with Crippen LogP contribution < -0.4 is 14.8 Å². The van der Waals surface area contributed by atoms with E-state index in [-0.39, 0.29) is 17.9 Å². The van der Waals surface area contributed by atoms with Crippen molar-refractivity contribution in [3.8, 4) is 11.5 Å². The molecule has 1 aliphatic rings. The predicted molar refractivity (Wildman–Crippen MR) is 132 cm³/mol. The van der Waals surface area contributed by atoms with Crippen LogP contribution in [0, 0.1) is 0 Å². The zero-order chi connectivity index (χ0) is 23.8. The molecule has 0 saturated heterocycles. The number of hydrogen-bond acceptors (Lipinski definition) is 4. The average Bonchev–Trinajstić information content (AvgIpc) is 3.33.